The summed E-state index contributed by atoms with van der Waals surface area (Å²) in [6.07, 6.45) is 9.43. The monoisotopic (exact) mass is 561 g/mol. The molecule has 2 amide bonds. The summed E-state index contributed by atoms with van der Waals surface area (Å²) in [7, 11) is 2.11. The zero-order valence-electron chi connectivity index (χ0n) is 22.3. The van der Waals surface area contributed by atoms with Gasteiger partial charge in [0.1, 0.15) is 5.82 Å². The number of aromatic nitrogens is 5. The number of rotatable bonds is 7. The number of carbonyl (C=O) groups excluding carboxylic acids is 2. The number of nitrogens with one attached hydrogen (secondary N) is 3. The first-order chi connectivity index (χ1) is 19.9. The summed E-state index contributed by atoms with van der Waals surface area (Å²) in [6, 6.07) is 5.69. The van der Waals surface area contributed by atoms with Gasteiger partial charge >= 0.3 is 0 Å². The third-order valence-electron chi connectivity index (χ3n) is 7.43. The van der Waals surface area contributed by atoms with Crippen LogP contribution in [0.25, 0.3) is 11.1 Å². The zero-order chi connectivity index (χ0) is 28.5. The SMILES string of the molecule is CN1CCC(n2cc(NC(=O)c3cnc4c(c3)C(c3ccn5ncc(C(=O)NCC(F)F)c5c3)=CCN4)cn2)CC1. The van der Waals surface area contributed by atoms with Crippen LogP contribution >= 0.6 is 0 Å². The number of halogens is 2. The minimum Gasteiger partial charge on any atom is -0.366 e. The summed E-state index contributed by atoms with van der Waals surface area (Å²) in [4.78, 5) is 32.5. The van der Waals surface area contributed by atoms with Gasteiger partial charge in [-0.2, -0.15) is 10.2 Å². The summed E-state index contributed by atoms with van der Waals surface area (Å²) in [5, 5.41) is 17.0. The summed E-state index contributed by atoms with van der Waals surface area (Å²) in [6.45, 7) is 1.80. The number of carbonyl (C=O) groups is 2. The molecule has 1 saturated heterocycles. The van der Waals surface area contributed by atoms with E-state index in [9.17, 15) is 18.4 Å². The van der Waals surface area contributed by atoms with Crippen LogP contribution in [0.4, 0.5) is 20.3 Å². The highest BCUT2D eigenvalue weighted by atomic mass is 19.3. The van der Waals surface area contributed by atoms with Crippen LogP contribution in [-0.2, 0) is 0 Å². The molecule has 2 aliphatic rings. The van der Waals surface area contributed by atoms with Crippen molar-refractivity contribution in [3.05, 3.63) is 77.5 Å². The molecule has 0 spiro atoms. The van der Waals surface area contributed by atoms with E-state index in [0.717, 1.165) is 42.6 Å². The molecule has 6 heterocycles. The van der Waals surface area contributed by atoms with Gasteiger partial charge in [-0.05, 0) is 62.3 Å². The molecule has 0 bridgehead atoms. The quantitative estimate of drug-likeness (QED) is 0.317. The molecule has 3 N–H and O–H groups in total. The average Bonchev–Trinajstić information content (AvgIpc) is 3.62. The Balaban J connectivity index is 1.23. The molecule has 0 aromatic carbocycles. The molecular formula is C28H29F2N9O2. The largest absolute Gasteiger partial charge is 0.366 e. The second kappa shape index (κ2) is 11.1. The first-order valence-corrected chi connectivity index (χ1v) is 13.4. The number of hydrogen-bond donors (Lipinski definition) is 3. The van der Waals surface area contributed by atoms with Gasteiger partial charge in [0.05, 0.1) is 47.3 Å². The molecule has 0 radical (unpaired) electrons. The summed E-state index contributed by atoms with van der Waals surface area (Å²) in [5.41, 5.74) is 3.96. The topological polar surface area (TPSA) is 121 Å². The number of nitrogens with zero attached hydrogens (tertiary/aromatic N) is 6. The molecule has 0 atom stereocenters. The number of amides is 2. The molecule has 11 nitrogen and oxygen atoms in total. The van der Waals surface area contributed by atoms with Gasteiger partial charge in [0.15, 0.2) is 0 Å². The lowest BCUT2D eigenvalue weighted by Crippen LogP contribution is -2.31. The van der Waals surface area contributed by atoms with Crippen molar-refractivity contribution in [2.45, 2.75) is 25.3 Å². The van der Waals surface area contributed by atoms with Gasteiger partial charge in [0, 0.05) is 30.7 Å². The summed E-state index contributed by atoms with van der Waals surface area (Å²) in [5.74, 6) is -0.313. The molecule has 0 saturated carbocycles. The van der Waals surface area contributed by atoms with E-state index in [-0.39, 0.29) is 11.5 Å². The maximum absolute atomic E-state index is 13.2. The van der Waals surface area contributed by atoms with E-state index < -0.39 is 18.9 Å². The predicted molar refractivity (Wildman–Crippen MR) is 149 cm³/mol. The van der Waals surface area contributed by atoms with Crippen LogP contribution in [0, 0.1) is 0 Å². The fraction of sp³-hybridized carbons (Fsp3) is 0.321. The van der Waals surface area contributed by atoms with E-state index in [1.165, 1.54) is 16.9 Å². The highest BCUT2D eigenvalue weighted by Crippen LogP contribution is 2.33. The molecule has 4 aromatic heterocycles. The van der Waals surface area contributed by atoms with Gasteiger partial charge in [0.2, 0.25) is 0 Å². The number of anilines is 2. The van der Waals surface area contributed by atoms with E-state index in [2.05, 4.69) is 43.1 Å². The highest BCUT2D eigenvalue weighted by Gasteiger charge is 2.22. The van der Waals surface area contributed by atoms with Crippen molar-refractivity contribution in [1.82, 2.24) is 34.6 Å². The molecule has 0 aliphatic carbocycles. The lowest BCUT2D eigenvalue weighted by molar-refractivity contribution is 0.0893. The van der Waals surface area contributed by atoms with Gasteiger partial charge < -0.3 is 20.9 Å². The lowest BCUT2D eigenvalue weighted by atomic mass is 9.95. The summed E-state index contributed by atoms with van der Waals surface area (Å²) < 4.78 is 28.7. The number of likely N-dealkylation sites (tertiary alicyclic amines) is 1. The van der Waals surface area contributed by atoms with E-state index in [1.807, 2.05) is 23.0 Å². The summed E-state index contributed by atoms with van der Waals surface area (Å²) >= 11 is 0. The first-order valence-electron chi connectivity index (χ1n) is 13.4. The minimum atomic E-state index is -2.65. The van der Waals surface area contributed by atoms with Gasteiger partial charge in [-0.3, -0.25) is 14.3 Å². The molecule has 4 aromatic rings. The molecule has 2 aliphatic heterocycles. The Bertz CT molecular complexity index is 1640. The standard InChI is InChI=1S/C28H29F2N9O2/c1-37-7-4-20(5-8-37)39-16-19(13-34-39)36-27(40)18-10-22-21(2-6-31-26(22)32-12-18)17-3-9-38-24(11-17)23(14-35-38)28(41)33-15-25(29)30/h2-3,9-14,16,20,25H,4-8,15H2,1H3,(H,31,32)(H,33,41)(H,36,40). The molecule has 0 unspecified atom stereocenters. The number of hydrogen-bond acceptors (Lipinski definition) is 7. The number of pyridine rings is 2. The van der Waals surface area contributed by atoms with Crippen LogP contribution in [0.3, 0.4) is 0 Å². The van der Waals surface area contributed by atoms with Gasteiger partial charge in [0.25, 0.3) is 18.2 Å². The van der Waals surface area contributed by atoms with Crippen molar-refractivity contribution >= 4 is 34.4 Å². The van der Waals surface area contributed by atoms with Crippen molar-refractivity contribution in [2.24, 2.45) is 0 Å². The fourth-order valence-electron chi connectivity index (χ4n) is 5.22. The second-order valence-corrected chi connectivity index (χ2v) is 10.2. The third kappa shape index (κ3) is 5.53. The van der Waals surface area contributed by atoms with Crippen molar-refractivity contribution in [2.75, 3.05) is 43.9 Å². The molecule has 41 heavy (non-hydrogen) atoms. The van der Waals surface area contributed by atoms with Crippen LogP contribution in [-0.4, -0.2) is 80.7 Å². The Morgan fingerprint density at radius 3 is 2.76 bits per heavy atom. The maximum Gasteiger partial charge on any atom is 0.257 e. The van der Waals surface area contributed by atoms with E-state index in [4.69, 9.17) is 0 Å². The van der Waals surface area contributed by atoms with E-state index in [0.29, 0.717) is 35.2 Å². The second-order valence-electron chi connectivity index (χ2n) is 10.2. The Hall–Kier alpha value is -4.65. The highest BCUT2D eigenvalue weighted by molar-refractivity contribution is 6.05. The van der Waals surface area contributed by atoms with Gasteiger partial charge in [-0.1, -0.05) is 6.08 Å². The van der Waals surface area contributed by atoms with Crippen LogP contribution in [0.2, 0.25) is 0 Å². The average molecular weight is 562 g/mol. The number of fused-ring (bicyclic) bond motifs is 2. The zero-order valence-corrected chi connectivity index (χ0v) is 22.3. The van der Waals surface area contributed by atoms with Crippen molar-refractivity contribution in [3.8, 4) is 0 Å². The maximum atomic E-state index is 13.2. The molecule has 13 heteroatoms. The minimum absolute atomic E-state index is 0.189. The van der Waals surface area contributed by atoms with Crippen LogP contribution < -0.4 is 16.0 Å². The Morgan fingerprint density at radius 1 is 1.12 bits per heavy atom. The predicted octanol–water partition coefficient (Wildman–Crippen LogP) is 3.30. The third-order valence-corrected chi connectivity index (χ3v) is 7.43. The van der Waals surface area contributed by atoms with Crippen molar-refractivity contribution in [3.63, 3.8) is 0 Å². The molecule has 6 rings (SSSR count). The number of alkyl halides is 2. The molecular weight excluding hydrogens is 532 g/mol. The van der Waals surface area contributed by atoms with Crippen molar-refractivity contribution in [1.29, 1.82) is 0 Å². The molecule has 212 valence electrons. The number of piperidine rings is 1. The van der Waals surface area contributed by atoms with Crippen LogP contribution in [0.1, 0.15) is 50.7 Å². The lowest BCUT2D eigenvalue weighted by Gasteiger charge is -2.28. The molecule has 1 fully saturated rings. The smallest absolute Gasteiger partial charge is 0.257 e. The normalized spacial score (nSPS) is 15.9. The van der Waals surface area contributed by atoms with Gasteiger partial charge in [-0.25, -0.2) is 18.3 Å². The van der Waals surface area contributed by atoms with Crippen LogP contribution in [0.5, 0.6) is 0 Å². The van der Waals surface area contributed by atoms with Gasteiger partial charge in [-0.15, -0.1) is 0 Å². The Labute approximate surface area is 234 Å². The Kier molecular flexibility index (Phi) is 7.18. The fourth-order valence-corrected chi connectivity index (χ4v) is 5.22. The van der Waals surface area contributed by atoms with E-state index >= 15 is 0 Å². The first kappa shape index (κ1) is 26.6. The van der Waals surface area contributed by atoms with E-state index in [1.54, 1.807) is 24.5 Å². The van der Waals surface area contributed by atoms with Crippen LogP contribution in [0.15, 0.2) is 55.3 Å². The Morgan fingerprint density at radius 2 is 1.95 bits per heavy atom. The van der Waals surface area contributed by atoms with Crippen molar-refractivity contribution < 1.29 is 18.4 Å².